The van der Waals surface area contributed by atoms with E-state index in [4.69, 9.17) is 11.6 Å². The van der Waals surface area contributed by atoms with Crippen LogP contribution in [0.25, 0.3) is 10.9 Å². The van der Waals surface area contributed by atoms with Crippen molar-refractivity contribution in [2.75, 3.05) is 7.05 Å². The van der Waals surface area contributed by atoms with Crippen LogP contribution in [0.15, 0.2) is 47.4 Å². The maximum absolute atomic E-state index is 13.1. The summed E-state index contributed by atoms with van der Waals surface area (Å²) in [5.41, 5.74) is 4.36. The van der Waals surface area contributed by atoms with Crippen LogP contribution >= 0.6 is 11.6 Å². The summed E-state index contributed by atoms with van der Waals surface area (Å²) in [7, 11) is -1.87. The second-order valence-electron chi connectivity index (χ2n) is 6.96. The molecule has 0 bridgehead atoms. The van der Waals surface area contributed by atoms with Gasteiger partial charge in [-0.05, 0) is 61.6 Å². The average molecular weight is 389 g/mol. The molecule has 1 unspecified atom stereocenters. The lowest BCUT2D eigenvalue weighted by Gasteiger charge is -2.30. The number of nitrogens with one attached hydrogen (secondary N) is 1. The third kappa shape index (κ3) is 2.84. The van der Waals surface area contributed by atoms with Gasteiger partial charge in [0.2, 0.25) is 10.0 Å². The van der Waals surface area contributed by atoms with E-state index in [1.807, 2.05) is 19.1 Å². The van der Waals surface area contributed by atoms with Crippen LogP contribution in [-0.4, -0.2) is 30.8 Å². The van der Waals surface area contributed by atoms with Crippen LogP contribution in [0, 0.1) is 6.92 Å². The van der Waals surface area contributed by atoms with E-state index < -0.39 is 10.0 Å². The zero-order valence-corrected chi connectivity index (χ0v) is 16.4. The van der Waals surface area contributed by atoms with Crippen LogP contribution in [0.4, 0.5) is 0 Å². The zero-order valence-electron chi connectivity index (χ0n) is 14.8. The number of nitrogens with zero attached hydrogens (tertiary/aromatic N) is 1. The number of aromatic nitrogens is 1. The molecule has 3 aromatic rings. The molecule has 0 saturated carbocycles. The summed E-state index contributed by atoms with van der Waals surface area (Å²) in [4.78, 5) is 3.77. The molecule has 136 valence electrons. The smallest absolute Gasteiger partial charge is 0.243 e. The molecule has 0 aliphatic heterocycles. The van der Waals surface area contributed by atoms with Crippen LogP contribution < -0.4 is 0 Å². The van der Waals surface area contributed by atoms with Crippen molar-refractivity contribution in [3.63, 3.8) is 0 Å². The van der Waals surface area contributed by atoms with Gasteiger partial charge in [-0.1, -0.05) is 29.8 Å². The maximum atomic E-state index is 13.1. The molecular formula is C20H21ClN2O2S. The Morgan fingerprint density at radius 1 is 1.19 bits per heavy atom. The van der Waals surface area contributed by atoms with Gasteiger partial charge >= 0.3 is 0 Å². The maximum Gasteiger partial charge on any atom is 0.243 e. The molecule has 1 N–H and O–H groups in total. The molecule has 1 aromatic heterocycles. The molecule has 0 radical (unpaired) electrons. The summed E-state index contributed by atoms with van der Waals surface area (Å²) in [6.07, 6.45) is 2.39. The highest BCUT2D eigenvalue weighted by Gasteiger charge is 2.32. The van der Waals surface area contributed by atoms with Crippen LogP contribution in [-0.2, 0) is 22.9 Å². The minimum Gasteiger partial charge on any atom is -0.358 e. The normalized spacial score (nSPS) is 17.6. The molecular weight excluding hydrogens is 368 g/mol. The molecule has 2 aromatic carbocycles. The van der Waals surface area contributed by atoms with Crippen molar-refractivity contribution in [1.82, 2.24) is 9.29 Å². The highest BCUT2D eigenvalue weighted by atomic mass is 35.5. The van der Waals surface area contributed by atoms with Gasteiger partial charge in [-0.15, -0.1) is 0 Å². The van der Waals surface area contributed by atoms with E-state index in [0.717, 1.165) is 30.3 Å². The Morgan fingerprint density at radius 2 is 1.96 bits per heavy atom. The molecule has 1 aliphatic carbocycles. The second-order valence-corrected chi connectivity index (χ2v) is 9.36. The molecule has 0 spiro atoms. The Balaban J connectivity index is 1.66. The number of hydrogen-bond donors (Lipinski definition) is 1. The summed E-state index contributed by atoms with van der Waals surface area (Å²) in [6, 6.07) is 13.0. The van der Waals surface area contributed by atoms with Gasteiger partial charge in [0.25, 0.3) is 0 Å². The Kier molecular flexibility index (Phi) is 4.34. The summed E-state index contributed by atoms with van der Waals surface area (Å²) in [5.74, 6) is 0. The molecule has 0 saturated heterocycles. The highest BCUT2D eigenvalue weighted by Crippen LogP contribution is 2.32. The molecule has 0 fully saturated rings. The monoisotopic (exact) mass is 388 g/mol. The van der Waals surface area contributed by atoms with Crippen molar-refractivity contribution >= 4 is 32.5 Å². The molecule has 6 heteroatoms. The molecule has 1 atom stereocenters. The second kappa shape index (κ2) is 6.41. The molecule has 1 aliphatic rings. The number of aromatic amines is 1. The number of halogens is 1. The van der Waals surface area contributed by atoms with Crippen molar-refractivity contribution in [3.05, 3.63) is 64.3 Å². The quantitative estimate of drug-likeness (QED) is 0.726. The minimum absolute atomic E-state index is 0.0531. The van der Waals surface area contributed by atoms with Gasteiger partial charge in [-0.2, -0.15) is 4.31 Å². The molecule has 26 heavy (non-hydrogen) atoms. The summed E-state index contributed by atoms with van der Waals surface area (Å²) >= 11 is 6.05. The van der Waals surface area contributed by atoms with E-state index in [9.17, 15) is 8.42 Å². The van der Waals surface area contributed by atoms with Gasteiger partial charge < -0.3 is 4.98 Å². The van der Waals surface area contributed by atoms with Gasteiger partial charge in [0.05, 0.1) is 4.90 Å². The lowest BCUT2D eigenvalue weighted by molar-refractivity contribution is 0.336. The predicted molar refractivity (Wildman–Crippen MR) is 105 cm³/mol. The number of H-pyrrole nitrogens is 1. The van der Waals surface area contributed by atoms with Crippen molar-refractivity contribution in [3.8, 4) is 0 Å². The fourth-order valence-corrected chi connectivity index (χ4v) is 5.39. The van der Waals surface area contributed by atoms with Gasteiger partial charge in [0.15, 0.2) is 0 Å². The summed E-state index contributed by atoms with van der Waals surface area (Å²) in [5, 5.41) is 1.77. The first-order valence-electron chi connectivity index (χ1n) is 8.70. The number of sulfonamides is 1. The van der Waals surface area contributed by atoms with Crippen LogP contribution in [0.1, 0.15) is 23.2 Å². The fourth-order valence-electron chi connectivity index (χ4n) is 3.80. The Morgan fingerprint density at radius 3 is 2.73 bits per heavy atom. The van der Waals surface area contributed by atoms with Gasteiger partial charge in [-0.25, -0.2) is 8.42 Å². The Labute approximate surface area is 158 Å². The van der Waals surface area contributed by atoms with Gasteiger partial charge in [0, 0.05) is 34.7 Å². The standard InChI is InChI=1S/C20H21ClN2O2S/c1-13-11-15(8-9-18(13)21)26(24,25)23(2)14-7-10-20-17(12-14)16-5-3-4-6-19(16)22-20/h3-6,8-9,11,14,22H,7,10,12H2,1-2H3. The van der Waals surface area contributed by atoms with Crippen LogP contribution in [0.3, 0.4) is 0 Å². The van der Waals surface area contributed by atoms with Crippen molar-refractivity contribution in [2.24, 2.45) is 0 Å². The lowest BCUT2D eigenvalue weighted by Crippen LogP contribution is -2.40. The first kappa shape index (κ1) is 17.6. The SMILES string of the molecule is Cc1cc(S(=O)(=O)N(C)C2CCc3[nH]c4ccccc4c3C2)ccc1Cl. The number of fused-ring (bicyclic) bond motifs is 3. The molecule has 0 amide bonds. The highest BCUT2D eigenvalue weighted by molar-refractivity contribution is 7.89. The van der Waals surface area contributed by atoms with E-state index in [1.54, 1.807) is 25.2 Å². The number of para-hydroxylation sites is 1. The number of likely N-dealkylation sites (N-methyl/N-ethyl adjacent to an activating group) is 1. The van der Waals surface area contributed by atoms with Gasteiger partial charge in [-0.3, -0.25) is 0 Å². The Bertz CT molecular complexity index is 1090. The zero-order chi connectivity index (χ0) is 18.5. The predicted octanol–water partition coefficient (Wildman–Crippen LogP) is 4.31. The van der Waals surface area contributed by atoms with Crippen molar-refractivity contribution < 1.29 is 8.42 Å². The van der Waals surface area contributed by atoms with Gasteiger partial charge in [0.1, 0.15) is 0 Å². The fraction of sp³-hybridized carbons (Fsp3) is 0.300. The Hall–Kier alpha value is -1.82. The largest absolute Gasteiger partial charge is 0.358 e. The van der Waals surface area contributed by atoms with E-state index in [0.29, 0.717) is 9.92 Å². The minimum atomic E-state index is -3.55. The van der Waals surface area contributed by atoms with E-state index in [-0.39, 0.29) is 6.04 Å². The van der Waals surface area contributed by atoms with Crippen molar-refractivity contribution in [2.45, 2.75) is 37.1 Å². The number of rotatable bonds is 3. The van der Waals surface area contributed by atoms with E-state index in [2.05, 4.69) is 17.1 Å². The molecule has 4 rings (SSSR count). The number of benzene rings is 2. The van der Waals surface area contributed by atoms with E-state index >= 15 is 0 Å². The van der Waals surface area contributed by atoms with Crippen LogP contribution in [0.5, 0.6) is 0 Å². The number of hydrogen-bond acceptors (Lipinski definition) is 2. The molecule has 1 heterocycles. The third-order valence-corrected chi connectivity index (χ3v) is 7.72. The average Bonchev–Trinajstić information content (AvgIpc) is 3.01. The van der Waals surface area contributed by atoms with Crippen LogP contribution in [0.2, 0.25) is 5.02 Å². The third-order valence-electron chi connectivity index (χ3n) is 5.39. The van der Waals surface area contributed by atoms with Crippen molar-refractivity contribution in [1.29, 1.82) is 0 Å². The number of aryl methyl sites for hydroxylation is 2. The first-order valence-corrected chi connectivity index (χ1v) is 10.5. The topological polar surface area (TPSA) is 53.2 Å². The first-order chi connectivity index (χ1) is 12.4. The summed E-state index contributed by atoms with van der Waals surface area (Å²) in [6.45, 7) is 1.82. The molecule has 4 nitrogen and oxygen atoms in total. The lowest BCUT2D eigenvalue weighted by atomic mass is 9.91. The summed E-state index contributed by atoms with van der Waals surface area (Å²) < 4.78 is 27.7. The van der Waals surface area contributed by atoms with E-state index in [1.165, 1.54) is 20.9 Å².